The number of nitrogens with zero attached hydrogens (tertiary/aromatic N) is 1. The van der Waals surface area contributed by atoms with Crippen LogP contribution in [0.3, 0.4) is 0 Å². The highest BCUT2D eigenvalue weighted by Gasteiger charge is 2.54. The van der Waals surface area contributed by atoms with Gasteiger partial charge < -0.3 is 19.9 Å². The van der Waals surface area contributed by atoms with Crippen LogP contribution in [0.25, 0.3) is 0 Å². The third-order valence-electron chi connectivity index (χ3n) is 2.97. The molecule has 2 aliphatic heterocycles. The van der Waals surface area contributed by atoms with E-state index in [-0.39, 0.29) is 18.1 Å². The molecule has 2 aliphatic rings. The smallest absolute Gasteiger partial charge is 0.356 e. The molecule has 0 aromatic rings. The topological polar surface area (TPSA) is 105 Å². The molecule has 0 aromatic carbocycles. The molecule has 2 N–H and O–H groups in total. The van der Waals surface area contributed by atoms with Gasteiger partial charge in [0.1, 0.15) is 23.8 Å². The average Bonchev–Trinajstić information content (AvgIpc) is 2.43. The molecular formula is C11H14N2O6S. The molecule has 2 amide bonds. The first kappa shape index (κ1) is 14.7. The van der Waals surface area contributed by atoms with Gasteiger partial charge in [-0.3, -0.25) is 14.5 Å². The van der Waals surface area contributed by atoms with Crippen LogP contribution in [0.2, 0.25) is 0 Å². The zero-order valence-electron chi connectivity index (χ0n) is 10.9. The van der Waals surface area contributed by atoms with E-state index < -0.39 is 29.2 Å². The van der Waals surface area contributed by atoms with Crippen LogP contribution in [0.15, 0.2) is 11.5 Å². The first-order valence-corrected chi connectivity index (χ1v) is 6.79. The number of β-lactam (4-membered cyclic amide) rings is 1. The van der Waals surface area contributed by atoms with Gasteiger partial charge in [0.15, 0.2) is 5.70 Å². The van der Waals surface area contributed by atoms with Gasteiger partial charge >= 0.3 is 5.97 Å². The lowest BCUT2D eigenvalue weighted by atomic mass is 10.0. The van der Waals surface area contributed by atoms with E-state index in [9.17, 15) is 19.5 Å². The van der Waals surface area contributed by atoms with E-state index in [1.807, 2.05) is 0 Å². The summed E-state index contributed by atoms with van der Waals surface area (Å²) in [7, 11) is 2.74. The number of fused-ring (bicyclic) bond motifs is 1. The van der Waals surface area contributed by atoms with E-state index >= 15 is 0 Å². The number of nitrogens with one attached hydrogen (secondary N) is 1. The second-order valence-electron chi connectivity index (χ2n) is 4.17. The summed E-state index contributed by atoms with van der Waals surface area (Å²) in [5, 5.41) is 11.3. The van der Waals surface area contributed by atoms with E-state index in [2.05, 4.69) is 10.1 Å². The quantitative estimate of drug-likeness (QED) is 0.626. The van der Waals surface area contributed by atoms with E-state index in [4.69, 9.17) is 4.74 Å². The number of thioether (sulfide) groups is 1. The number of carbonyl (C=O) groups excluding carboxylic acids is 2. The van der Waals surface area contributed by atoms with Crippen molar-refractivity contribution in [2.45, 2.75) is 11.4 Å². The van der Waals surface area contributed by atoms with Gasteiger partial charge in [0.25, 0.3) is 5.91 Å². The van der Waals surface area contributed by atoms with Crippen molar-refractivity contribution in [3.63, 3.8) is 0 Å². The van der Waals surface area contributed by atoms with Gasteiger partial charge in [-0.2, -0.15) is 0 Å². The van der Waals surface area contributed by atoms with Crippen LogP contribution in [0.4, 0.5) is 0 Å². The molecule has 2 heterocycles. The van der Waals surface area contributed by atoms with Crippen molar-refractivity contribution < 1.29 is 29.0 Å². The fourth-order valence-corrected chi connectivity index (χ4v) is 3.41. The molecular weight excluding hydrogens is 288 g/mol. The van der Waals surface area contributed by atoms with E-state index in [0.29, 0.717) is 5.75 Å². The van der Waals surface area contributed by atoms with Crippen LogP contribution in [0.5, 0.6) is 0 Å². The molecule has 1 saturated heterocycles. The molecule has 110 valence electrons. The fraction of sp³-hybridized carbons (Fsp3) is 0.545. The molecule has 0 unspecified atom stereocenters. The Kier molecular flexibility index (Phi) is 4.19. The van der Waals surface area contributed by atoms with Crippen LogP contribution in [0, 0.1) is 0 Å². The van der Waals surface area contributed by atoms with Crippen molar-refractivity contribution in [3.05, 3.63) is 11.5 Å². The highest BCUT2D eigenvalue weighted by atomic mass is 32.2. The molecule has 0 radical (unpaired) electrons. The van der Waals surface area contributed by atoms with Crippen molar-refractivity contribution in [2.24, 2.45) is 0 Å². The Morgan fingerprint density at radius 1 is 1.50 bits per heavy atom. The van der Waals surface area contributed by atoms with Crippen molar-refractivity contribution in [1.29, 1.82) is 0 Å². The molecule has 9 heteroatoms. The fourth-order valence-electron chi connectivity index (χ4n) is 2.09. The van der Waals surface area contributed by atoms with Gasteiger partial charge in [-0.1, -0.05) is 0 Å². The third kappa shape index (κ3) is 2.34. The third-order valence-corrected chi connectivity index (χ3v) is 4.23. The summed E-state index contributed by atoms with van der Waals surface area (Å²) >= 11 is 1.34. The first-order chi connectivity index (χ1) is 9.51. The highest BCUT2D eigenvalue weighted by Crippen LogP contribution is 2.40. The number of carboxylic acid groups (broad SMARTS) is 1. The van der Waals surface area contributed by atoms with Crippen LogP contribution in [-0.4, -0.2) is 65.8 Å². The van der Waals surface area contributed by atoms with Gasteiger partial charge in [-0.05, 0) is 0 Å². The zero-order chi connectivity index (χ0) is 14.9. The Hall–Kier alpha value is -1.74. The highest BCUT2D eigenvalue weighted by molar-refractivity contribution is 8.00. The maximum absolute atomic E-state index is 12.0. The molecule has 2 atom stereocenters. The van der Waals surface area contributed by atoms with Gasteiger partial charge in [0, 0.05) is 7.11 Å². The number of methoxy groups -OCH3 is 2. The number of carboxylic acids is 1. The minimum Gasteiger partial charge on any atom is -0.498 e. The van der Waals surface area contributed by atoms with Gasteiger partial charge in [-0.15, -0.1) is 11.8 Å². The van der Waals surface area contributed by atoms with Crippen LogP contribution < -0.4 is 5.32 Å². The SMILES string of the molecule is COCC(=O)N[C@@H]1C(=O)N2C(C(=O)O)=C(OC)CS[C@@H]12. The lowest BCUT2D eigenvalue weighted by Crippen LogP contribution is -2.70. The van der Waals surface area contributed by atoms with E-state index in [1.165, 1.54) is 26.0 Å². The number of amides is 2. The normalized spacial score (nSPS) is 24.9. The van der Waals surface area contributed by atoms with Crippen molar-refractivity contribution >= 4 is 29.5 Å². The van der Waals surface area contributed by atoms with Gasteiger partial charge in [-0.25, -0.2) is 4.79 Å². The van der Waals surface area contributed by atoms with E-state index in [1.54, 1.807) is 0 Å². The maximum Gasteiger partial charge on any atom is 0.356 e. The Morgan fingerprint density at radius 2 is 2.20 bits per heavy atom. The molecule has 0 bridgehead atoms. The molecule has 20 heavy (non-hydrogen) atoms. The molecule has 0 aliphatic carbocycles. The molecule has 8 nitrogen and oxygen atoms in total. The van der Waals surface area contributed by atoms with Crippen LogP contribution in [-0.2, 0) is 23.9 Å². The lowest BCUT2D eigenvalue weighted by Gasteiger charge is -2.48. The second kappa shape index (κ2) is 5.71. The van der Waals surface area contributed by atoms with Gasteiger partial charge in [0.05, 0.1) is 12.9 Å². The Bertz CT molecular complexity index is 491. The monoisotopic (exact) mass is 302 g/mol. The van der Waals surface area contributed by atoms with Gasteiger partial charge in [0.2, 0.25) is 5.91 Å². The van der Waals surface area contributed by atoms with Crippen LogP contribution in [0.1, 0.15) is 0 Å². The molecule has 2 rings (SSSR count). The van der Waals surface area contributed by atoms with Crippen molar-refractivity contribution in [1.82, 2.24) is 10.2 Å². The summed E-state index contributed by atoms with van der Waals surface area (Å²) in [5.41, 5.74) is -0.154. The minimum absolute atomic E-state index is 0.147. The zero-order valence-corrected chi connectivity index (χ0v) is 11.7. The number of ether oxygens (including phenoxy) is 2. The Balaban J connectivity index is 2.15. The Morgan fingerprint density at radius 3 is 2.75 bits per heavy atom. The van der Waals surface area contributed by atoms with Crippen molar-refractivity contribution in [2.75, 3.05) is 26.6 Å². The summed E-state index contributed by atoms with van der Waals surface area (Å²) in [6.07, 6.45) is 0. The lowest BCUT2D eigenvalue weighted by molar-refractivity contribution is -0.151. The summed E-state index contributed by atoms with van der Waals surface area (Å²) in [6.45, 7) is -0.147. The molecule has 1 fully saturated rings. The maximum atomic E-state index is 12.0. The molecule has 0 aromatic heterocycles. The predicted molar refractivity (Wildman–Crippen MR) is 68.6 cm³/mol. The summed E-state index contributed by atoms with van der Waals surface area (Å²) in [5.74, 6) is -1.51. The second-order valence-corrected chi connectivity index (χ2v) is 5.27. The molecule has 0 spiro atoms. The molecule has 0 saturated carbocycles. The first-order valence-electron chi connectivity index (χ1n) is 5.74. The Labute approximate surface area is 119 Å². The average molecular weight is 302 g/mol. The van der Waals surface area contributed by atoms with Crippen molar-refractivity contribution in [3.8, 4) is 0 Å². The summed E-state index contributed by atoms with van der Waals surface area (Å²) in [6, 6.07) is -0.726. The number of hydrogen-bond acceptors (Lipinski definition) is 6. The number of aliphatic carboxylic acids is 1. The number of hydrogen-bond donors (Lipinski definition) is 2. The van der Waals surface area contributed by atoms with Crippen LogP contribution >= 0.6 is 11.8 Å². The van der Waals surface area contributed by atoms with E-state index in [0.717, 1.165) is 4.90 Å². The largest absolute Gasteiger partial charge is 0.498 e. The minimum atomic E-state index is -1.22. The summed E-state index contributed by atoms with van der Waals surface area (Å²) in [4.78, 5) is 35.8. The predicted octanol–water partition coefficient (Wildman–Crippen LogP) is -1.02. The summed E-state index contributed by atoms with van der Waals surface area (Å²) < 4.78 is 9.67. The number of rotatable bonds is 5. The standard InChI is InChI=1S/C11H14N2O6S/c1-18-3-6(14)12-7-9(15)13-8(11(16)17)5(19-2)4-20-10(7)13/h7,10H,3-4H2,1-2H3,(H,12,14)(H,16,17)/t7-,10+/m1/s1. The number of carbonyl (C=O) groups is 3.